The van der Waals surface area contributed by atoms with E-state index >= 15 is 0 Å². The summed E-state index contributed by atoms with van der Waals surface area (Å²) in [5.74, 6) is 0.698. The number of nitrogens with two attached hydrogens (primary N) is 1. The lowest BCUT2D eigenvalue weighted by Crippen LogP contribution is -2.32. The van der Waals surface area contributed by atoms with Crippen LogP contribution in [-0.4, -0.2) is 37.2 Å². The summed E-state index contributed by atoms with van der Waals surface area (Å²) in [6.45, 7) is 3.93. The van der Waals surface area contributed by atoms with Crippen molar-refractivity contribution in [2.45, 2.75) is 25.6 Å². The number of aromatic nitrogens is 3. The highest BCUT2D eigenvalue weighted by Gasteiger charge is 2.12. The maximum absolute atomic E-state index is 10.6. The van der Waals surface area contributed by atoms with E-state index in [4.69, 9.17) is 10.8 Å². The Bertz CT molecular complexity index is 611. The van der Waals surface area contributed by atoms with E-state index in [1.165, 1.54) is 11.8 Å². The van der Waals surface area contributed by atoms with Crippen LogP contribution >= 0.6 is 11.8 Å². The van der Waals surface area contributed by atoms with Crippen molar-refractivity contribution in [3.63, 3.8) is 0 Å². The van der Waals surface area contributed by atoms with Gasteiger partial charge in [-0.25, -0.2) is 9.97 Å². The molecule has 2 heterocycles. The molecular formula is C12H16N4O2S. The molecule has 0 aliphatic heterocycles. The van der Waals surface area contributed by atoms with Crippen molar-refractivity contribution in [3.05, 3.63) is 29.3 Å². The lowest BCUT2D eigenvalue weighted by molar-refractivity contribution is -0.137. The number of nitrogens with zero attached hydrogens (tertiary/aromatic N) is 3. The summed E-state index contributed by atoms with van der Waals surface area (Å²) in [6.07, 6.45) is 1.93. The Kier molecular flexibility index (Phi) is 4.06. The number of thioether (sulfide) groups is 1. The van der Waals surface area contributed by atoms with E-state index in [0.717, 1.165) is 17.1 Å². The predicted molar refractivity (Wildman–Crippen MR) is 74.2 cm³/mol. The first-order valence-electron chi connectivity index (χ1n) is 5.85. The molecule has 2 aromatic heterocycles. The molecule has 0 spiro atoms. The van der Waals surface area contributed by atoms with Gasteiger partial charge in [-0.1, -0.05) is 0 Å². The molecule has 2 aromatic rings. The highest BCUT2D eigenvalue weighted by atomic mass is 32.2. The van der Waals surface area contributed by atoms with Crippen LogP contribution in [-0.2, 0) is 10.5 Å². The number of hydrogen-bond acceptors (Lipinski definition) is 5. The topological polar surface area (TPSA) is 93.5 Å². The smallest absolute Gasteiger partial charge is 0.321 e. The average molecular weight is 280 g/mol. The molecule has 3 N–H and O–H groups in total. The number of aliphatic carboxylic acids is 1. The summed E-state index contributed by atoms with van der Waals surface area (Å²) in [5.41, 5.74) is 8.33. The zero-order valence-corrected chi connectivity index (χ0v) is 11.6. The second kappa shape index (κ2) is 5.58. The molecule has 0 aliphatic carbocycles. The van der Waals surface area contributed by atoms with Crippen molar-refractivity contribution in [1.82, 2.24) is 14.4 Å². The Morgan fingerprint density at radius 1 is 1.53 bits per heavy atom. The fourth-order valence-corrected chi connectivity index (χ4v) is 2.61. The van der Waals surface area contributed by atoms with Crippen LogP contribution in [0.3, 0.4) is 0 Å². The summed E-state index contributed by atoms with van der Waals surface area (Å²) in [6, 6.07) is 1.16. The van der Waals surface area contributed by atoms with Crippen LogP contribution < -0.4 is 5.73 Å². The van der Waals surface area contributed by atoms with Gasteiger partial charge >= 0.3 is 5.97 Å². The highest BCUT2D eigenvalue weighted by molar-refractivity contribution is 7.98. The van der Waals surface area contributed by atoms with Gasteiger partial charge in [-0.05, 0) is 19.9 Å². The monoisotopic (exact) mass is 280 g/mol. The first-order valence-corrected chi connectivity index (χ1v) is 7.01. The van der Waals surface area contributed by atoms with Gasteiger partial charge in [0, 0.05) is 29.1 Å². The zero-order chi connectivity index (χ0) is 14.0. The van der Waals surface area contributed by atoms with Crippen molar-refractivity contribution in [3.8, 4) is 0 Å². The van der Waals surface area contributed by atoms with Gasteiger partial charge in [-0.2, -0.15) is 11.8 Å². The molecule has 0 fully saturated rings. The SMILES string of the molecule is Cc1cc(C)n2cc(CSC[C@H](N)C(=O)O)nc2n1. The van der Waals surface area contributed by atoms with Gasteiger partial charge in [0.15, 0.2) is 0 Å². The maximum atomic E-state index is 10.6. The van der Waals surface area contributed by atoms with E-state index in [2.05, 4.69) is 9.97 Å². The minimum atomic E-state index is -0.976. The maximum Gasteiger partial charge on any atom is 0.321 e. The molecule has 0 aromatic carbocycles. The molecule has 102 valence electrons. The summed E-state index contributed by atoms with van der Waals surface area (Å²) in [7, 11) is 0. The Morgan fingerprint density at radius 3 is 2.95 bits per heavy atom. The normalized spacial score (nSPS) is 12.8. The van der Waals surface area contributed by atoms with Crippen molar-refractivity contribution in [2.24, 2.45) is 5.73 Å². The summed E-state index contributed by atoms with van der Waals surface area (Å²) in [5, 5.41) is 8.69. The highest BCUT2D eigenvalue weighted by Crippen LogP contribution is 2.14. The predicted octanol–water partition coefficient (Wildman–Crippen LogP) is 0.991. The third-order valence-corrected chi connectivity index (χ3v) is 3.77. The van der Waals surface area contributed by atoms with Crippen LogP contribution in [0.4, 0.5) is 0 Å². The van der Waals surface area contributed by atoms with Crippen LogP contribution in [0.15, 0.2) is 12.3 Å². The van der Waals surface area contributed by atoms with Crippen LogP contribution in [0, 0.1) is 13.8 Å². The summed E-state index contributed by atoms with van der Waals surface area (Å²) < 4.78 is 1.93. The standard InChI is InChI=1S/C12H16N4O2S/c1-7-3-8(2)16-4-9(15-12(16)14-7)5-19-6-10(13)11(17)18/h3-4,10H,5-6,13H2,1-2H3,(H,17,18)/t10-/m0/s1. The van der Waals surface area contributed by atoms with Gasteiger partial charge in [0.1, 0.15) is 6.04 Å². The second-order valence-electron chi connectivity index (χ2n) is 4.40. The Hall–Kier alpha value is -1.60. The van der Waals surface area contributed by atoms with Crippen molar-refractivity contribution in [1.29, 1.82) is 0 Å². The van der Waals surface area contributed by atoms with Crippen LogP contribution in [0.25, 0.3) is 5.78 Å². The van der Waals surface area contributed by atoms with Gasteiger partial charge in [-0.3, -0.25) is 9.20 Å². The minimum absolute atomic E-state index is 0.370. The first kappa shape index (κ1) is 13.8. The first-order chi connectivity index (χ1) is 8.97. The molecule has 1 atom stereocenters. The molecule has 0 aliphatic rings. The third-order valence-electron chi connectivity index (χ3n) is 2.68. The molecule has 19 heavy (non-hydrogen) atoms. The molecule has 2 rings (SSSR count). The Morgan fingerprint density at radius 2 is 2.26 bits per heavy atom. The summed E-state index contributed by atoms with van der Waals surface area (Å²) >= 11 is 1.46. The zero-order valence-electron chi connectivity index (χ0n) is 10.8. The third kappa shape index (κ3) is 3.24. The van der Waals surface area contributed by atoms with Gasteiger partial charge in [0.2, 0.25) is 5.78 Å². The van der Waals surface area contributed by atoms with Crippen LogP contribution in [0.5, 0.6) is 0 Å². The minimum Gasteiger partial charge on any atom is -0.480 e. The lowest BCUT2D eigenvalue weighted by atomic mass is 10.3. The fraction of sp³-hybridized carbons (Fsp3) is 0.417. The second-order valence-corrected chi connectivity index (χ2v) is 5.43. The molecule has 0 radical (unpaired) electrons. The number of aryl methyl sites for hydroxylation is 2. The molecule has 0 bridgehead atoms. The number of fused-ring (bicyclic) bond motifs is 1. The van der Waals surface area contributed by atoms with Gasteiger partial charge in [0.05, 0.1) is 5.69 Å². The largest absolute Gasteiger partial charge is 0.480 e. The Labute approximate surface area is 115 Å². The quantitative estimate of drug-likeness (QED) is 0.848. The fourth-order valence-electron chi connectivity index (χ4n) is 1.75. The number of carboxylic acids is 1. The molecule has 0 unspecified atom stereocenters. The summed E-state index contributed by atoms with van der Waals surface area (Å²) in [4.78, 5) is 19.4. The average Bonchev–Trinajstić information content (AvgIpc) is 2.71. The number of imidazole rings is 1. The van der Waals surface area contributed by atoms with Gasteiger partial charge in [-0.15, -0.1) is 0 Å². The van der Waals surface area contributed by atoms with E-state index in [-0.39, 0.29) is 0 Å². The number of carbonyl (C=O) groups is 1. The molecule has 6 nitrogen and oxygen atoms in total. The molecular weight excluding hydrogens is 264 g/mol. The van der Waals surface area contributed by atoms with E-state index in [9.17, 15) is 4.79 Å². The van der Waals surface area contributed by atoms with E-state index in [0.29, 0.717) is 17.3 Å². The molecule has 0 saturated carbocycles. The molecule has 0 saturated heterocycles. The number of hydrogen-bond donors (Lipinski definition) is 2. The number of rotatable bonds is 5. The van der Waals surface area contributed by atoms with Crippen molar-refractivity contribution in [2.75, 3.05) is 5.75 Å². The molecule has 0 amide bonds. The lowest BCUT2D eigenvalue weighted by Gasteiger charge is -2.03. The molecule has 7 heteroatoms. The van der Waals surface area contributed by atoms with Gasteiger partial charge in [0.25, 0.3) is 0 Å². The van der Waals surface area contributed by atoms with E-state index < -0.39 is 12.0 Å². The van der Waals surface area contributed by atoms with Gasteiger partial charge < -0.3 is 10.8 Å². The van der Waals surface area contributed by atoms with Crippen LogP contribution in [0.1, 0.15) is 17.1 Å². The number of carboxylic acid groups (broad SMARTS) is 1. The Balaban J connectivity index is 2.06. The van der Waals surface area contributed by atoms with E-state index in [1.807, 2.05) is 30.5 Å². The van der Waals surface area contributed by atoms with Crippen molar-refractivity contribution < 1.29 is 9.90 Å². The van der Waals surface area contributed by atoms with E-state index in [1.54, 1.807) is 0 Å². The van der Waals surface area contributed by atoms with Crippen LogP contribution in [0.2, 0.25) is 0 Å². The van der Waals surface area contributed by atoms with Crippen molar-refractivity contribution >= 4 is 23.5 Å².